The van der Waals surface area contributed by atoms with Crippen molar-refractivity contribution in [3.63, 3.8) is 0 Å². The summed E-state index contributed by atoms with van der Waals surface area (Å²) < 4.78 is 12.5. The molecule has 0 saturated carbocycles. The fraction of sp³-hybridized carbons (Fsp3) is 0.429. The number of benzene rings is 1. The van der Waals surface area contributed by atoms with Crippen LogP contribution in [-0.4, -0.2) is 34.7 Å². The highest BCUT2D eigenvalue weighted by atomic mass is 32.2. The molecule has 21 heavy (non-hydrogen) atoms. The van der Waals surface area contributed by atoms with E-state index in [2.05, 4.69) is 10.2 Å². The molecule has 2 N–H and O–H groups in total. The predicted octanol–water partition coefficient (Wildman–Crippen LogP) is 1.93. The number of hydrogen-bond donors (Lipinski definition) is 1. The second-order valence-corrected chi connectivity index (χ2v) is 5.61. The molecule has 0 bridgehead atoms. The van der Waals surface area contributed by atoms with Crippen molar-refractivity contribution in [1.29, 1.82) is 0 Å². The Kier molecular flexibility index (Phi) is 5.08. The molecule has 0 fully saturated rings. The zero-order chi connectivity index (χ0) is 15.4. The van der Waals surface area contributed by atoms with Crippen molar-refractivity contribution in [2.75, 3.05) is 20.0 Å². The lowest BCUT2D eigenvalue weighted by atomic mass is 10.1. The van der Waals surface area contributed by atoms with E-state index in [-0.39, 0.29) is 6.04 Å². The Morgan fingerprint density at radius 1 is 1.24 bits per heavy atom. The van der Waals surface area contributed by atoms with Gasteiger partial charge in [-0.3, -0.25) is 0 Å². The minimum Gasteiger partial charge on any atom is -0.493 e. The van der Waals surface area contributed by atoms with Gasteiger partial charge in [-0.1, -0.05) is 17.8 Å². The molecule has 1 unspecified atom stereocenters. The average molecular weight is 308 g/mol. The number of methoxy groups -OCH3 is 2. The van der Waals surface area contributed by atoms with Gasteiger partial charge in [0.2, 0.25) is 0 Å². The lowest BCUT2D eigenvalue weighted by Crippen LogP contribution is -2.13. The number of nitrogens with zero attached hydrogens (tertiary/aromatic N) is 3. The first-order valence-electron chi connectivity index (χ1n) is 6.53. The standard InChI is InChI=1S/C14H20N4O2S/c1-9-16-17-14(18(9)2)21-8-11(15)10-5-6-12(19-3)13(7-10)20-4/h5-7,11H,8,15H2,1-4H3. The average Bonchev–Trinajstić information content (AvgIpc) is 2.83. The summed E-state index contributed by atoms with van der Waals surface area (Å²) in [4.78, 5) is 0. The van der Waals surface area contributed by atoms with E-state index in [1.807, 2.05) is 36.7 Å². The molecule has 0 aliphatic rings. The third-order valence-electron chi connectivity index (χ3n) is 3.28. The van der Waals surface area contributed by atoms with E-state index in [0.29, 0.717) is 17.3 Å². The molecule has 6 nitrogen and oxygen atoms in total. The topological polar surface area (TPSA) is 75.2 Å². The normalized spacial score (nSPS) is 12.2. The maximum absolute atomic E-state index is 6.24. The van der Waals surface area contributed by atoms with Crippen LogP contribution in [-0.2, 0) is 7.05 Å². The van der Waals surface area contributed by atoms with Crippen molar-refractivity contribution < 1.29 is 9.47 Å². The van der Waals surface area contributed by atoms with Crippen LogP contribution in [0.4, 0.5) is 0 Å². The molecule has 114 valence electrons. The molecule has 0 spiro atoms. The molecule has 0 amide bonds. The zero-order valence-electron chi connectivity index (χ0n) is 12.7. The van der Waals surface area contributed by atoms with Crippen molar-refractivity contribution in [2.45, 2.75) is 18.1 Å². The Balaban J connectivity index is 2.06. The Labute approximate surface area is 128 Å². The molecule has 7 heteroatoms. The number of ether oxygens (including phenoxy) is 2. The summed E-state index contributed by atoms with van der Waals surface area (Å²) in [6.07, 6.45) is 0. The van der Waals surface area contributed by atoms with Gasteiger partial charge in [-0.05, 0) is 24.6 Å². The van der Waals surface area contributed by atoms with Crippen LogP contribution < -0.4 is 15.2 Å². The van der Waals surface area contributed by atoms with Crippen LogP contribution in [0.1, 0.15) is 17.4 Å². The number of thioether (sulfide) groups is 1. The first-order chi connectivity index (χ1) is 10.1. The van der Waals surface area contributed by atoms with Crippen LogP contribution in [0.2, 0.25) is 0 Å². The third kappa shape index (κ3) is 3.48. The van der Waals surface area contributed by atoms with Crippen molar-refractivity contribution in [3.8, 4) is 11.5 Å². The van der Waals surface area contributed by atoms with Gasteiger partial charge in [-0.15, -0.1) is 10.2 Å². The largest absolute Gasteiger partial charge is 0.493 e. The van der Waals surface area contributed by atoms with E-state index < -0.39 is 0 Å². The van der Waals surface area contributed by atoms with Crippen LogP contribution in [0.5, 0.6) is 11.5 Å². The SMILES string of the molecule is COc1ccc(C(N)CSc2nnc(C)n2C)cc1OC. The maximum atomic E-state index is 6.24. The van der Waals surface area contributed by atoms with Gasteiger partial charge in [0.25, 0.3) is 0 Å². The molecular formula is C14H20N4O2S. The fourth-order valence-electron chi connectivity index (χ4n) is 1.86. The van der Waals surface area contributed by atoms with Crippen molar-refractivity contribution >= 4 is 11.8 Å². The van der Waals surface area contributed by atoms with Gasteiger partial charge < -0.3 is 19.8 Å². The van der Waals surface area contributed by atoms with Crippen LogP contribution in [0, 0.1) is 6.92 Å². The van der Waals surface area contributed by atoms with Crippen molar-refractivity contribution in [2.24, 2.45) is 12.8 Å². The van der Waals surface area contributed by atoms with Gasteiger partial charge >= 0.3 is 0 Å². The van der Waals surface area contributed by atoms with E-state index >= 15 is 0 Å². The Morgan fingerprint density at radius 3 is 2.52 bits per heavy atom. The fourth-order valence-corrected chi connectivity index (χ4v) is 2.80. The molecule has 2 aromatic rings. The molecule has 1 heterocycles. The van der Waals surface area contributed by atoms with Gasteiger partial charge in [0, 0.05) is 18.8 Å². The zero-order valence-corrected chi connectivity index (χ0v) is 13.5. The Bertz CT molecular complexity index is 615. The van der Waals surface area contributed by atoms with Crippen LogP contribution in [0.15, 0.2) is 23.4 Å². The Morgan fingerprint density at radius 2 is 1.95 bits per heavy atom. The van der Waals surface area contributed by atoms with E-state index in [9.17, 15) is 0 Å². The summed E-state index contributed by atoms with van der Waals surface area (Å²) in [5, 5.41) is 9.01. The highest BCUT2D eigenvalue weighted by Gasteiger charge is 2.13. The molecule has 1 aromatic heterocycles. The van der Waals surface area contributed by atoms with Crippen molar-refractivity contribution in [3.05, 3.63) is 29.6 Å². The molecule has 1 atom stereocenters. The van der Waals surface area contributed by atoms with Gasteiger partial charge in [0.15, 0.2) is 16.7 Å². The predicted molar refractivity (Wildman–Crippen MR) is 82.9 cm³/mol. The van der Waals surface area contributed by atoms with Crippen LogP contribution >= 0.6 is 11.8 Å². The molecule has 0 saturated heterocycles. The van der Waals surface area contributed by atoms with Gasteiger partial charge in [0.1, 0.15) is 5.82 Å². The Hall–Kier alpha value is -1.73. The monoisotopic (exact) mass is 308 g/mol. The molecule has 1 aromatic carbocycles. The van der Waals surface area contributed by atoms with E-state index in [1.54, 1.807) is 26.0 Å². The van der Waals surface area contributed by atoms with E-state index in [0.717, 1.165) is 16.5 Å². The molecule has 2 rings (SSSR count). The molecule has 0 aliphatic carbocycles. The second-order valence-electron chi connectivity index (χ2n) is 4.62. The lowest BCUT2D eigenvalue weighted by molar-refractivity contribution is 0.354. The number of nitrogens with two attached hydrogens (primary N) is 1. The summed E-state index contributed by atoms with van der Waals surface area (Å²) in [6.45, 7) is 1.92. The summed E-state index contributed by atoms with van der Waals surface area (Å²) >= 11 is 1.59. The lowest BCUT2D eigenvalue weighted by Gasteiger charge is -2.14. The minimum absolute atomic E-state index is 0.119. The summed E-state index contributed by atoms with van der Waals surface area (Å²) in [5.41, 5.74) is 7.24. The quantitative estimate of drug-likeness (QED) is 0.822. The number of hydrogen-bond acceptors (Lipinski definition) is 6. The van der Waals surface area contributed by atoms with Crippen molar-refractivity contribution in [1.82, 2.24) is 14.8 Å². The first kappa shape index (κ1) is 15.7. The first-order valence-corrected chi connectivity index (χ1v) is 7.51. The summed E-state index contributed by atoms with van der Waals surface area (Å²) in [6, 6.07) is 5.61. The third-order valence-corrected chi connectivity index (χ3v) is 4.42. The smallest absolute Gasteiger partial charge is 0.191 e. The van der Waals surface area contributed by atoms with E-state index in [4.69, 9.17) is 15.2 Å². The highest BCUT2D eigenvalue weighted by molar-refractivity contribution is 7.99. The highest BCUT2D eigenvalue weighted by Crippen LogP contribution is 2.31. The van der Waals surface area contributed by atoms with Crippen LogP contribution in [0.3, 0.4) is 0 Å². The number of aromatic nitrogens is 3. The van der Waals surface area contributed by atoms with Gasteiger partial charge in [-0.2, -0.15) is 0 Å². The number of aryl methyl sites for hydroxylation is 1. The molecule has 0 aliphatic heterocycles. The van der Waals surface area contributed by atoms with Gasteiger partial charge in [-0.25, -0.2) is 0 Å². The van der Waals surface area contributed by atoms with E-state index in [1.165, 1.54) is 0 Å². The summed E-state index contributed by atoms with van der Waals surface area (Å²) in [7, 11) is 5.17. The second kappa shape index (κ2) is 6.82. The summed E-state index contributed by atoms with van der Waals surface area (Å²) in [5.74, 6) is 2.98. The van der Waals surface area contributed by atoms with Gasteiger partial charge in [0.05, 0.1) is 14.2 Å². The number of rotatable bonds is 6. The molecular weight excluding hydrogens is 288 g/mol. The minimum atomic E-state index is -0.119. The molecule has 0 radical (unpaired) electrons. The maximum Gasteiger partial charge on any atom is 0.191 e. The van der Waals surface area contributed by atoms with Crippen LogP contribution in [0.25, 0.3) is 0 Å².